The molecule has 0 aliphatic carbocycles. The number of benzene rings is 1. The maximum absolute atomic E-state index is 12.5. The van der Waals surface area contributed by atoms with Crippen molar-refractivity contribution in [1.29, 1.82) is 0 Å². The fourth-order valence-corrected chi connectivity index (χ4v) is 2.61. The second kappa shape index (κ2) is 5.47. The number of nitrogens with zero attached hydrogens (tertiary/aromatic N) is 3. The molecule has 2 aromatic rings. The molecule has 1 heterocycles. The first-order valence-electron chi connectivity index (χ1n) is 6.58. The highest BCUT2D eigenvalue weighted by Crippen LogP contribution is 2.32. The highest BCUT2D eigenvalue weighted by atomic mass is 16.6. The Labute approximate surface area is 122 Å². The highest BCUT2D eigenvalue weighted by molar-refractivity contribution is 6.00. The zero-order chi connectivity index (χ0) is 15.7. The maximum atomic E-state index is 12.5. The van der Waals surface area contributed by atoms with Crippen LogP contribution in [0.2, 0.25) is 0 Å². The Hall–Kier alpha value is -2.50. The molecule has 0 saturated heterocycles. The monoisotopic (exact) mass is 287 g/mol. The molecule has 110 valence electrons. The van der Waals surface area contributed by atoms with E-state index in [4.69, 9.17) is 0 Å². The van der Waals surface area contributed by atoms with Gasteiger partial charge in [-0.3, -0.25) is 14.9 Å². The molecule has 0 spiro atoms. The Balaban J connectivity index is 2.54. The molecule has 0 N–H and O–H groups in total. The van der Waals surface area contributed by atoms with Crippen LogP contribution in [0.5, 0.6) is 0 Å². The van der Waals surface area contributed by atoms with E-state index in [1.54, 1.807) is 51.0 Å². The number of carbonyl (C=O) groups is 1. The van der Waals surface area contributed by atoms with Crippen molar-refractivity contribution >= 4 is 11.5 Å². The summed E-state index contributed by atoms with van der Waals surface area (Å²) in [5, 5.41) is 11.2. The van der Waals surface area contributed by atoms with Crippen molar-refractivity contribution in [3.8, 4) is 0 Å². The van der Waals surface area contributed by atoms with E-state index in [9.17, 15) is 14.9 Å². The van der Waals surface area contributed by atoms with Crippen LogP contribution in [0.1, 0.15) is 32.6 Å². The molecule has 2 rings (SSSR count). The Morgan fingerprint density at radius 2 is 1.76 bits per heavy atom. The first-order valence-corrected chi connectivity index (χ1v) is 6.58. The van der Waals surface area contributed by atoms with E-state index < -0.39 is 0 Å². The molecule has 21 heavy (non-hydrogen) atoms. The van der Waals surface area contributed by atoms with Gasteiger partial charge in [-0.2, -0.15) is 0 Å². The lowest BCUT2D eigenvalue weighted by Crippen LogP contribution is -2.15. The molecule has 0 aliphatic rings. The number of rotatable bonds is 4. The van der Waals surface area contributed by atoms with E-state index in [-0.39, 0.29) is 22.9 Å². The van der Waals surface area contributed by atoms with E-state index in [0.29, 0.717) is 27.8 Å². The summed E-state index contributed by atoms with van der Waals surface area (Å²) in [6, 6.07) is 0. The predicted octanol–water partition coefficient (Wildman–Crippen LogP) is 2.91. The zero-order valence-corrected chi connectivity index (χ0v) is 12.5. The molecule has 6 nitrogen and oxygen atoms in total. The fraction of sp³-hybridized carbons (Fsp3) is 0.333. The minimum absolute atomic E-state index is 0.0657. The van der Waals surface area contributed by atoms with Crippen LogP contribution in [0.15, 0.2) is 18.7 Å². The molecule has 0 amide bonds. The first-order chi connectivity index (χ1) is 9.84. The lowest BCUT2D eigenvalue weighted by Gasteiger charge is -2.15. The topological polar surface area (TPSA) is 78.0 Å². The second-order valence-electron chi connectivity index (χ2n) is 5.14. The van der Waals surface area contributed by atoms with Crippen LogP contribution in [0.4, 0.5) is 5.69 Å². The van der Waals surface area contributed by atoms with Gasteiger partial charge in [-0.1, -0.05) is 0 Å². The van der Waals surface area contributed by atoms with Crippen LogP contribution in [-0.2, 0) is 6.54 Å². The highest BCUT2D eigenvalue weighted by Gasteiger charge is 2.25. The Bertz CT molecular complexity index is 689. The third kappa shape index (κ3) is 2.56. The fourth-order valence-electron chi connectivity index (χ4n) is 2.61. The quantitative estimate of drug-likeness (QED) is 0.492. The molecule has 1 aromatic heterocycles. The third-order valence-electron chi connectivity index (χ3n) is 3.93. The first kappa shape index (κ1) is 14.9. The van der Waals surface area contributed by atoms with Crippen molar-refractivity contribution in [3.63, 3.8) is 0 Å². The summed E-state index contributed by atoms with van der Waals surface area (Å²) in [6.07, 6.45) is 4.90. The number of ketones is 1. The molecule has 0 unspecified atom stereocenters. The van der Waals surface area contributed by atoms with E-state index >= 15 is 0 Å². The van der Waals surface area contributed by atoms with Crippen molar-refractivity contribution in [2.75, 3.05) is 0 Å². The number of hydrogen-bond acceptors (Lipinski definition) is 4. The normalized spacial score (nSPS) is 10.7. The molecule has 0 aliphatic heterocycles. The van der Waals surface area contributed by atoms with Crippen LogP contribution in [0.3, 0.4) is 0 Å². The van der Waals surface area contributed by atoms with Gasteiger partial charge in [0.25, 0.3) is 5.69 Å². The number of aromatic nitrogens is 2. The Kier molecular flexibility index (Phi) is 3.88. The number of imidazole rings is 1. The molecule has 0 fully saturated rings. The molecule has 0 saturated carbocycles. The molecule has 0 atom stereocenters. The average Bonchev–Trinajstić information content (AvgIpc) is 2.89. The minimum atomic E-state index is -0.380. The van der Waals surface area contributed by atoms with Crippen molar-refractivity contribution in [2.45, 2.75) is 34.2 Å². The van der Waals surface area contributed by atoms with Crippen LogP contribution in [0.25, 0.3) is 0 Å². The van der Waals surface area contributed by atoms with Gasteiger partial charge in [0.15, 0.2) is 5.78 Å². The Morgan fingerprint density at radius 3 is 2.19 bits per heavy atom. The van der Waals surface area contributed by atoms with Crippen molar-refractivity contribution in [3.05, 3.63) is 56.7 Å². The lowest BCUT2D eigenvalue weighted by atomic mass is 9.90. The van der Waals surface area contributed by atoms with Gasteiger partial charge in [0.1, 0.15) is 0 Å². The summed E-state index contributed by atoms with van der Waals surface area (Å²) in [5.41, 5.74) is 3.13. The van der Waals surface area contributed by atoms with Crippen molar-refractivity contribution < 1.29 is 9.72 Å². The van der Waals surface area contributed by atoms with E-state index in [1.807, 2.05) is 0 Å². The molecule has 0 radical (unpaired) electrons. The van der Waals surface area contributed by atoms with Crippen molar-refractivity contribution in [2.24, 2.45) is 0 Å². The summed E-state index contributed by atoms with van der Waals surface area (Å²) in [6.45, 7) is 7.08. The molecule has 6 heteroatoms. The number of nitro groups is 1. The van der Waals surface area contributed by atoms with Gasteiger partial charge in [-0.25, -0.2) is 4.98 Å². The maximum Gasteiger partial charge on any atom is 0.275 e. The minimum Gasteiger partial charge on any atom is -0.330 e. The predicted molar refractivity (Wildman–Crippen MR) is 78.6 cm³/mol. The summed E-state index contributed by atoms with van der Waals surface area (Å²) >= 11 is 0. The summed E-state index contributed by atoms with van der Waals surface area (Å²) in [4.78, 5) is 27.2. The van der Waals surface area contributed by atoms with Gasteiger partial charge in [0.05, 0.1) is 17.8 Å². The van der Waals surface area contributed by atoms with Gasteiger partial charge >= 0.3 is 0 Å². The zero-order valence-electron chi connectivity index (χ0n) is 12.5. The number of nitro benzene ring substituents is 1. The van der Waals surface area contributed by atoms with E-state index in [0.717, 1.165) is 0 Å². The molecule has 0 bridgehead atoms. The van der Waals surface area contributed by atoms with Gasteiger partial charge in [-0.05, 0) is 38.8 Å². The van der Waals surface area contributed by atoms with E-state index in [2.05, 4.69) is 4.98 Å². The van der Waals surface area contributed by atoms with Gasteiger partial charge in [0.2, 0.25) is 0 Å². The number of hydrogen-bond donors (Lipinski definition) is 0. The van der Waals surface area contributed by atoms with Crippen LogP contribution in [-0.4, -0.2) is 20.3 Å². The van der Waals surface area contributed by atoms with Gasteiger partial charge < -0.3 is 4.57 Å². The second-order valence-corrected chi connectivity index (χ2v) is 5.14. The molecular weight excluding hydrogens is 270 g/mol. The lowest BCUT2D eigenvalue weighted by molar-refractivity contribution is -0.386. The SMILES string of the molecule is Cc1c(C)c([N+](=O)[O-])c(C)c(C)c1C(=O)Cn1ccnc1. The molecular formula is C15H17N3O3. The van der Waals surface area contributed by atoms with Gasteiger partial charge in [-0.15, -0.1) is 0 Å². The summed E-state index contributed by atoms with van der Waals surface area (Å²) < 4.78 is 1.69. The smallest absolute Gasteiger partial charge is 0.275 e. The third-order valence-corrected chi connectivity index (χ3v) is 3.93. The van der Waals surface area contributed by atoms with E-state index in [1.165, 1.54) is 0 Å². The van der Waals surface area contributed by atoms with Crippen LogP contribution >= 0.6 is 0 Å². The van der Waals surface area contributed by atoms with Crippen molar-refractivity contribution in [1.82, 2.24) is 9.55 Å². The standard InChI is InChI=1S/C15H17N3O3/c1-9-11(3)15(18(20)21)12(4)10(2)14(9)13(19)7-17-6-5-16-8-17/h5-6,8H,7H2,1-4H3. The number of Topliss-reactive ketones (excluding diaryl/α,β-unsaturated/α-hetero) is 1. The largest absolute Gasteiger partial charge is 0.330 e. The summed E-state index contributed by atoms with van der Waals surface area (Å²) in [5.74, 6) is -0.0657. The Morgan fingerprint density at radius 1 is 1.19 bits per heavy atom. The van der Waals surface area contributed by atoms with Crippen LogP contribution in [0, 0.1) is 37.8 Å². The number of carbonyl (C=O) groups excluding carboxylic acids is 1. The van der Waals surface area contributed by atoms with Gasteiger partial charge in [0, 0.05) is 29.1 Å². The average molecular weight is 287 g/mol. The summed E-state index contributed by atoms with van der Waals surface area (Å²) in [7, 11) is 0. The van der Waals surface area contributed by atoms with Crippen LogP contribution < -0.4 is 0 Å². The molecule has 1 aromatic carbocycles.